The highest BCUT2D eigenvalue weighted by molar-refractivity contribution is 5.24. The van der Waals surface area contributed by atoms with Gasteiger partial charge in [-0.2, -0.15) is 0 Å². The van der Waals surface area contributed by atoms with E-state index < -0.39 is 0 Å². The minimum atomic E-state index is 0.672. The van der Waals surface area contributed by atoms with E-state index in [4.69, 9.17) is 0 Å². The van der Waals surface area contributed by atoms with Crippen LogP contribution in [-0.4, -0.2) is 13.1 Å². The fourth-order valence-corrected chi connectivity index (χ4v) is 2.45. The summed E-state index contributed by atoms with van der Waals surface area (Å²) in [5.74, 6) is 1.49. The van der Waals surface area contributed by atoms with Crippen molar-refractivity contribution in [2.45, 2.75) is 59.3 Å². The van der Waals surface area contributed by atoms with Crippen molar-refractivity contribution in [1.29, 1.82) is 0 Å². The fraction of sp³-hybridized carbons (Fsp3) is 0.667. The highest BCUT2D eigenvalue weighted by Gasteiger charge is 2.11. The topological polar surface area (TPSA) is 12.0 Å². The average Bonchev–Trinajstić information content (AvgIpc) is 2.38. The van der Waals surface area contributed by atoms with Gasteiger partial charge in [-0.25, -0.2) is 0 Å². The molecule has 1 heteroatoms. The first-order chi connectivity index (χ1) is 9.13. The lowest BCUT2D eigenvalue weighted by molar-refractivity contribution is 0.480. The number of benzene rings is 1. The number of rotatable bonds is 9. The predicted molar refractivity (Wildman–Crippen MR) is 85.8 cm³/mol. The van der Waals surface area contributed by atoms with Crippen LogP contribution in [0.15, 0.2) is 24.3 Å². The Bertz CT molecular complexity index is 326. The van der Waals surface area contributed by atoms with Gasteiger partial charge in [0.1, 0.15) is 0 Å². The van der Waals surface area contributed by atoms with E-state index in [0.717, 1.165) is 19.0 Å². The lowest BCUT2D eigenvalue weighted by Gasteiger charge is -2.19. The molecular formula is C18H31N. The van der Waals surface area contributed by atoms with Crippen LogP contribution in [0.3, 0.4) is 0 Å². The molecule has 0 aliphatic heterocycles. The average molecular weight is 261 g/mol. The van der Waals surface area contributed by atoms with Gasteiger partial charge in [0.2, 0.25) is 0 Å². The van der Waals surface area contributed by atoms with Crippen molar-refractivity contribution in [1.82, 2.24) is 5.32 Å². The minimum absolute atomic E-state index is 0.672. The van der Waals surface area contributed by atoms with Crippen LogP contribution in [0, 0.1) is 12.8 Å². The zero-order chi connectivity index (χ0) is 14.1. The van der Waals surface area contributed by atoms with Crippen LogP contribution < -0.4 is 5.32 Å². The second kappa shape index (κ2) is 9.14. The molecule has 1 aromatic carbocycles. The Kier molecular flexibility index (Phi) is 7.81. The van der Waals surface area contributed by atoms with E-state index >= 15 is 0 Å². The maximum Gasteiger partial charge on any atom is 0.00201 e. The summed E-state index contributed by atoms with van der Waals surface area (Å²) in [5.41, 5.74) is 2.85. The van der Waals surface area contributed by atoms with Gasteiger partial charge in [0.25, 0.3) is 0 Å². The molecule has 0 saturated carbocycles. The molecule has 19 heavy (non-hydrogen) atoms. The minimum Gasteiger partial charge on any atom is -0.316 e. The van der Waals surface area contributed by atoms with Crippen molar-refractivity contribution in [2.24, 2.45) is 5.92 Å². The molecule has 0 fully saturated rings. The van der Waals surface area contributed by atoms with Crippen LogP contribution in [0.5, 0.6) is 0 Å². The molecule has 0 saturated heterocycles. The lowest BCUT2D eigenvalue weighted by atomic mass is 9.91. The first-order valence-corrected chi connectivity index (χ1v) is 7.90. The van der Waals surface area contributed by atoms with Gasteiger partial charge in [0, 0.05) is 6.54 Å². The van der Waals surface area contributed by atoms with E-state index in [-0.39, 0.29) is 0 Å². The van der Waals surface area contributed by atoms with Gasteiger partial charge in [-0.05, 0) is 43.7 Å². The van der Waals surface area contributed by atoms with Gasteiger partial charge in [0.15, 0.2) is 0 Å². The Morgan fingerprint density at radius 2 is 1.74 bits per heavy atom. The summed E-state index contributed by atoms with van der Waals surface area (Å²) in [6, 6.07) is 9.10. The largest absolute Gasteiger partial charge is 0.316 e. The highest BCUT2D eigenvalue weighted by atomic mass is 14.8. The summed E-state index contributed by atoms with van der Waals surface area (Å²) in [6.45, 7) is 11.3. The molecule has 0 heterocycles. The Hall–Kier alpha value is -0.820. The van der Waals surface area contributed by atoms with Crippen LogP contribution in [0.4, 0.5) is 0 Å². The maximum absolute atomic E-state index is 3.59. The Balaban J connectivity index is 2.54. The van der Waals surface area contributed by atoms with Crippen LogP contribution in [0.25, 0.3) is 0 Å². The van der Waals surface area contributed by atoms with Crippen LogP contribution in [0.2, 0.25) is 0 Å². The van der Waals surface area contributed by atoms with Gasteiger partial charge in [-0.3, -0.25) is 0 Å². The first-order valence-electron chi connectivity index (χ1n) is 7.90. The molecule has 0 bridgehead atoms. The molecule has 1 aromatic rings. The molecule has 0 amide bonds. The molecule has 0 radical (unpaired) electrons. The molecule has 1 rings (SSSR count). The van der Waals surface area contributed by atoms with E-state index in [1.54, 1.807) is 0 Å². The molecule has 0 aliphatic rings. The zero-order valence-electron chi connectivity index (χ0n) is 13.2. The Morgan fingerprint density at radius 3 is 2.32 bits per heavy atom. The summed E-state index contributed by atoms with van der Waals surface area (Å²) in [5, 5.41) is 3.59. The molecule has 1 atom stereocenters. The smallest absolute Gasteiger partial charge is 0.00201 e. The molecule has 0 spiro atoms. The predicted octanol–water partition coefficient (Wildman–Crippen LogP) is 4.90. The van der Waals surface area contributed by atoms with Crippen LogP contribution >= 0.6 is 0 Å². The van der Waals surface area contributed by atoms with Gasteiger partial charge >= 0.3 is 0 Å². The molecule has 0 aliphatic carbocycles. The third kappa shape index (κ3) is 6.77. The van der Waals surface area contributed by atoms with Gasteiger partial charge in [-0.1, -0.05) is 63.4 Å². The van der Waals surface area contributed by atoms with E-state index in [9.17, 15) is 0 Å². The highest BCUT2D eigenvalue weighted by Crippen LogP contribution is 2.23. The molecular weight excluding hydrogens is 230 g/mol. The fourth-order valence-electron chi connectivity index (χ4n) is 2.45. The monoisotopic (exact) mass is 261 g/mol. The second-order valence-corrected chi connectivity index (χ2v) is 6.14. The Labute approximate surface area is 119 Å². The molecule has 1 nitrogen and oxygen atoms in total. The second-order valence-electron chi connectivity index (χ2n) is 6.14. The van der Waals surface area contributed by atoms with Gasteiger partial charge in [-0.15, -0.1) is 0 Å². The summed E-state index contributed by atoms with van der Waals surface area (Å²) >= 11 is 0. The van der Waals surface area contributed by atoms with Crippen molar-refractivity contribution in [3.05, 3.63) is 35.4 Å². The Morgan fingerprint density at radius 1 is 1.05 bits per heavy atom. The number of aryl methyl sites for hydroxylation is 1. The SMILES string of the molecule is CCCNCC(CCCC(C)C)c1ccc(C)cc1. The molecule has 108 valence electrons. The third-order valence-electron chi connectivity index (χ3n) is 3.70. The van der Waals surface area contributed by atoms with Crippen molar-refractivity contribution >= 4 is 0 Å². The van der Waals surface area contributed by atoms with E-state index in [1.807, 2.05) is 0 Å². The number of hydrogen-bond acceptors (Lipinski definition) is 1. The van der Waals surface area contributed by atoms with E-state index in [1.165, 1.54) is 36.8 Å². The molecule has 0 aromatic heterocycles. The number of nitrogens with one attached hydrogen (secondary N) is 1. The van der Waals surface area contributed by atoms with Crippen molar-refractivity contribution in [3.8, 4) is 0 Å². The zero-order valence-corrected chi connectivity index (χ0v) is 13.2. The van der Waals surface area contributed by atoms with E-state index in [0.29, 0.717) is 5.92 Å². The van der Waals surface area contributed by atoms with E-state index in [2.05, 4.69) is 57.3 Å². The quantitative estimate of drug-likeness (QED) is 0.623. The maximum atomic E-state index is 3.59. The lowest BCUT2D eigenvalue weighted by Crippen LogP contribution is -2.22. The number of hydrogen-bond donors (Lipinski definition) is 1. The normalized spacial score (nSPS) is 12.9. The van der Waals surface area contributed by atoms with Gasteiger partial charge < -0.3 is 5.32 Å². The third-order valence-corrected chi connectivity index (χ3v) is 3.70. The summed E-state index contributed by atoms with van der Waals surface area (Å²) < 4.78 is 0. The standard InChI is InChI=1S/C18H31N/c1-5-13-19-14-18(8-6-7-15(2)3)17-11-9-16(4)10-12-17/h9-12,15,18-19H,5-8,13-14H2,1-4H3. The summed E-state index contributed by atoms with van der Waals surface area (Å²) in [6.07, 6.45) is 5.20. The van der Waals surface area contributed by atoms with Gasteiger partial charge in [0.05, 0.1) is 0 Å². The molecule has 1 N–H and O–H groups in total. The van der Waals surface area contributed by atoms with Crippen LogP contribution in [0.1, 0.15) is 63.5 Å². The van der Waals surface area contributed by atoms with Crippen molar-refractivity contribution in [3.63, 3.8) is 0 Å². The summed E-state index contributed by atoms with van der Waals surface area (Å²) in [7, 11) is 0. The van der Waals surface area contributed by atoms with Crippen LogP contribution in [-0.2, 0) is 0 Å². The van der Waals surface area contributed by atoms with Crippen molar-refractivity contribution < 1.29 is 0 Å². The summed E-state index contributed by atoms with van der Waals surface area (Å²) in [4.78, 5) is 0. The molecule has 1 unspecified atom stereocenters. The van der Waals surface area contributed by atoms with Crippen molar-refractivity contribution in [2.75, 3.05) is 13.1 Å². The first kappa shape index (κ1) is 16.2.